The Morgan fingerprint density at radius 3 is 2.03 bits per heavy atom. The van der Waals surface area contributed by atoms with Gasteiger partial charge in [-0.3, -0.25) is 10.1 Å². The zero-order valence-corrected chi connectivity index (χ0v) is 17.3. The molecule has 0 heterocycles. The number of nitro groups is 1. The second kappa shape index (κ2) is 8.93. The van der Waals surface area contributed by atoms with Crippen molar-refractivity contribution in [2.24, 2.45) is 5.10 Å². The largest absolute Gasteiger partial charge is 0.379 e. The quantitative estimate of drug-likeness (QED) is 0.235. The molecule has 0 aromatic heterocycles. The van der Waals surface area contributed by atoms with Crippen LogP contribution in [0.25, 0.3) is 0 Å². The van der Waals surface area contributed by atoms with Crippen LogP contribution in [0.2, 0.25) is 0 Å². The van der Waals surface area contributed by atoms with Crippen LogP contribution in [0, 0.1) is 10.1 Å². The van der Waals surface area contributed by atoms with Crippen molar-refractivity contribution in [1.29, 1.82) is 0 Å². The first-order chi connectivity index (χ1) is 14.7. The van der Waals surface area contributed by atoms with Crippen molar-refractivity contribution in [3.05, 3.63) is 94.5 Å². The molecule has 0 spiro atoms. The number of benzene rings is 3. The van der Waals surface area contributed by atoms with Crippen LogP contribution >= 0.6 is 0 Å². The van der Waals surface area contributed by atoms with Crippen molar-refractivity contribution in [3.63, 3.8) is 0 Å². The maximum atomic E-state index is 12.3. The van der Waals surface area contributed by atoms with Crippen LogP contribution in [0.15, 0.2) is 93.8 Å². The molecule has 3 aromatic carbocycles. The summed E-state index contributed by atoms with van der Waals surface area (Å²) < 4.78 is 53.7. The summed E-state index contributed by atoms with van der Waals surface area (Å²) in [6, 6.07) is 17.6. The zero-order chi connectivity index (χ0) is 22.5. The average Bonchev–Trinajstić information content (AvgIpc) is 2.75. The molecule has 160 valence electrons. The van der Waals surface area contributed by atoms with Crippen LogP contribution in [-0.4, -0.2) is 28.0 Å². The molecular formula is C19H15N3O7S2. The summed E-state index contributed by atoms with van der Waals surface area (Å²) in [7, 11) is -7.98. The lowest BCUT2D eigenvalue weighted by atomic mass is 10.2. The number of sulfonamides is 1. The standard InChI is InChI=1S/C19H15N3O7S2/c23-22(24)16-8-12-19(13-9-16)31(27,28)29-17-10-6-15(7-11-17)14-20-21-30(25,26)18-4-2-1-3-5-18/h1-14,21H/b20-14-. The highest BCUT2D eigenvalue weighted by Gasteiger charge is 2.18. The van der Waals surface area contributed by atoms with E-state index >= 15 is 0 Å². The van der Waals surface area contributed by atoms with Crippen molar-refractivity contribution in [3.8, 4) is 5.75 Å². The molecule has 0 aliphatic carbocycles. The predicted molar refractivity (Wildman–Crippen MR) is 112 cm³/mol. The maximum absolute atomic E-state index is 12.3. The molecule has 0 saturated carbocycles. The molecule has 0 aliphatic rings. The number of hydrogen-bond donors (Lipinski definition) is 1. The Morgan fingerprint density at radius 1 is 0.839 bits per heavy atom. The molecule has 0 unspecified atom stereocenters. The van der Waals surface area contributed by atoms with Crippen molar-refractivity contribution >= 4 is 32.0 Å². The summed E-state index contributed by atoms with van der Waals surface area (Å²) in [5.41, 5.74) is 0.237. The first kappa shape index (κ1) is 21.9. The van der Waals surface area contributed by atoms with Gasteiger partial charge in [-0.05, 0) is 54.1 Å². The van der Waals surface area contributed by atoms with Crippen LogP contribution < -0.4 is 9.01 Å². The molecule has 0 bridgehead atoms. The van der Waals surface area contributed by atoms with Crippen LogP contribution in [0.4, 0.5) is 5.69 Å². The lowest BCUT2D eigenvalue weighted by Gasteiger charge is -2.07. The van der Waals surface area contributed by atoms with Gasteiger partial charge in [-0.1, -0.05) is 18.2 Å². The highest BCUT2D eigenvalue weighted by Crippen LogP contribution is 2.21. The van der Waals surface area contributed by atoms with E-state index < -0.39 is 25.1 Å². The van der Waals surface area contributed by atoms with Gasteiger partial charge >= 0.3 is 10.1 Å². The predicted octanol–water partition coefficient (Wildman–Crippen LogP) is 2.67. The monoisotopic (exact) mass is 461 g/mol. The Kier molecular flexibility index (Phi) is 6.32. The smallest absolute Gasteiger partial charge is 0.339 e. The number of nitrogens with zero attached hydrogens (tertiary/aromatic N) is 2. The van der Waals surface area contributed by atoms with E-state index in [1.54, 1.807) is 18.2 Å². The third-order valence-electron chi connectivity index (χ3n) is 3.86. The minimum Gasteiger partial charge on any atom is -0.379 e. The SMILES string of the molecule is O=[N+]([O-])c1ccc(S(=O)(=O)Oc2ccc(/C=N\NS(=O)(=O)c3ccccc3)cc2)cc1. The number of rotatable bonds is 8. The molecule has 10 nitrogen and oxygen atoms in total. The Labute approximate surface area is 178 Å². The fraction of sp³-hybridized carbons (Fsp3) is 0. The molecule has 0 saturated heterocycles. The van der Waals surface area contributed by atoms with Gasteiger partial charge in [0.15, 0.2) is 0 Å². The van der Waals surface area contributed by atoms with Crippen LogP contribution in [0.1, 0.15) is 5.56 Å². The van der Waals surface area contributed by atoms with E-state index in [1.807, 2.05) is 0 Å². The van der Waals surface area contributed by atoms with Gasteiger partial charge in [0.25, 0.3) is 15.7 Å². The first-order valence-corrected chi connectivity index (χ1v) is 11.5. The molecule has 0 amide bonds. The second-order valence-electron chi connectivity index (χ2n) is 6.02. The Balaban J connectivity index is 1.66. The lowest BCUT2D eigenvalue weighted by Crippen LogP contribution is -2.18. The van der Waals surface area contributed by atoms with Gasteiger partial charge in [0, 0.05) is 12.1 Å². The third-order valence-corrected chi connectivity index (χ3v) is 6.36. The van der Waals surface area contributed by atoms with Gasteiger partial charge in [-0.2, -0.15) is 21.9 Å². The molecule has 1 N–H and O–H groups in total. The van der Waals surface area contributed by atoms with Gasteiger partial charge in [-0.15, -0.1) is 0 Å². The van der Waals surface area contributed by atoms with Crippen LogP contribution in [-0.2, 0) is 20.1 Å². The summed E-state index contributed by atoms with van der Waals surface area (Å²) in [6.45, 7) is 0. The molecule has 31 heavy (non-hydrogen) atoms. The maximum Gasteiger partial charge on any atom is 0.339 e. The Morgan fingerprint density at radius 2 is 1.45 bits per heavy atom. The van der Waals surface area contributed by atoms with Gasteiger partial charge in [-0.25, -0.2) is 4.83 Å². The summed E-state index contributed by atoms with van der Waals surface area (Å²) in [5, 5.41) is 14.4. The molecule has 0 radical (unpaired) electrons. The minimum atomic E-state index is -4.18. The number of nitrogens with one attached hydrogen (secondary N) is 1. The van der Waals surface area contributed by atoms with E-state index in [1.165, 1.54) is 42.6 Å². The summed E-state index contributed by atoms with van der Waals surface area (Å²) in [6.07, 6.45) is 1.25. The molecule has 0 fully saturated rings. The van der Waals surface area contributed by atoms with E-state index in [9.17, 15) is 26.9 Å². The first-order valence-electron chi connectivity index (χ1n) is 8.56. The van der Waals surface area contributed by atoms with E-state index in [4.69, 9.17) is 4.18 Å². The number of hydrogen-bond acceptors (Lipinski definition) is 8. The number of nitro benzene ring substituents is 1. The van der Waals surface area contributed by atoms with Crippen molar-refractivity contribution in [2.75, 3.05) is 0 Å². The normalized spacial score (nSPS) is 11.9. The molecule has 0 atom stereocenters. The minimum absolute atomic E-state index is 0.000342. The van der Waals surface area contributed by atoms with Crippen molar-refractivity contribution in [1.82, 2.24) is 4.83 Å². The number of non-ortho nitro benzene ring substituents is 1. The third kappa shape index (κ3) is 5.65. The molecule has 3 rings (SSSR count). The highest BCUT2D eigenvalue weighted by molar-refractivity contribution is 7.89. The van der Waals surface area contributed by atoms with Gasteiger partial charge in [0.2, 0.25) is 0 Å². The Hall–Kier alpha value is -3.77. The van der Waals surface area contributed by atoms with Crippen LogP contribution in [0.5, 0.6) is 5.75 Å². The summed E-state index contributed by atoms with van der Waals surface area (Å²) in [5.74, 6) is 0.000342. The molecule has 0 aliphatic heterocycles. The van der Waals surface area contributed by atoms with Crippen LogP contribution in [0.3, 0.4) is 0 Å². The second-order valence-corrected chi connectivity index (χ2v) is 9.23. The van der Waals surface area contributed by atoms with E-state index in [-0.39, 0.29) is 21.2 Å². The van der Waals surface area contributed by atoms with Gasteiger partial charge in [0.05, 0.1) is 16.0 Å². The molecule has 12 heteroatoms. The highest BCUT2D eigenvalue weighted by atomic mass is 32.2. The van der Waals surface area contributed by atoms with Gasteiger partial charge < -0.3 is 4.18 Å². The van der Waals surface area contributed by atoms with E-state index in [2.05, 4.69) is 9.93 Å². The zero-order valence-electron chi connectivity index (χ0n) is 15.7. The summed E-state index contributed by atoms with van der Waals surface area (Å²) >= 11 is 0. The van der Waals surface area contributed by atoms with E-state index in [0.29, 0.717) is 5.56 Å². The van der Waals surface area contributed by atoms with Crippen molar-refractivity contribution < 1.29 is 25.9 Å². The fourth-order valence-electron chi connectivity index (χ4n) is 2.34. The topological polar surface area (TPSA) is 145 Å². The number of hydrazone groups is 1. The summed E-state index contributed by atoms with van der Waals surface area (Å²) in [4.78, 5) is 11.9. The van der Waals surface area contributed by atoms with Gasteiger partial charge in [0.1, 0.15) is 10.6 Å². The average molecular weight is 461 g/mol. The van der Waals surface area contributed by atoms with E-state index in [0.717, 1.165) is 24.3 Å². The molecular weight excluding hydrogens is 446 g/mol. The lowest BCUT2D eigenvalue weighted by molar-refractivity contribution is -0.384. The molecule has 3 aromatic rings. The fourth-order valence-corrected chi connectivity index (χ4v) is 4.08. The van der Waals surface area contributed by atoms with Crippen molar-refractivity contribution in [2.45, 2.75) is 9.79 Å². The Bertz CT molecular complexity index is 1310.